The number of aromatic nitrogens is 8. The van der Waals surface area contributed by atoms with Crippen molar-refractivity contribution < 1.29 is 27.9 Å². The summed E-state index contributed by atoms with van der Waals surface area (Å²) in [6, 6.07) is 8.04. The minimum atomic E-state index is -4.62. The van der Waals surface area contributed by atoms with Gasteiger partial charge in [-0.3, -0.25) is 14.4 Å². The Hall–Kier alpha value is -6.04. The minimum Gasteiger partial charge on any atom is -0.504 e. The van der Waals surface area contributed by atoms with Crippen LogP contribution in [-0.2, 0) is 31.0 Å². The van der Waals surface area contributed by atoms with Crippen molar-refractivity contribution in [3.63, 3.8) is 0 Å². The van der Waals surface area contributed by atoms with E-state index in [4.69, 9.17) is 16.6 Å². The van der Waals surface area contributed by atoms with Crippen molar-refractivity contribution in [1.82, 2.24) is 43.6 Å². The smallest absolute Gasteiger partial charge is 0.416 e. The standard InChI is InChI=1S/C34H31ClF3N11O4/c1-4-24-28(46-9-11-47(12-10-46)31(52)27-29(51)18(2)39-16-40-27)32(53)49-33(43-30(44-49)19-5-8-25-23(13-19)41-17-45(25)3)48(24)15-26(50)42-22-7-6-20(14-21(22)35)34(36,37)38/h5-8,13-14,16-17,51H,4,9-12,15H2,1-3H3,(H,42,50). The highest BCUT2D eigenvalue weighted by atomic mass is 35.5. The first-order valence-corrected chi connectivity index (χ1v) is 16.8. The average molecular weight is 750 g/mol. The van der Waals surface area contributed by atoms with Gasteiger partial charge < -0.3 is 29.4 Å². The van der Waals surface area contributed by atoms with Gasteiger partial charge in [0.2, 0.25) is 11.7 Å². The Balaban J connectivity index is 1.27. The molecule has 4 aromatic heterocycles. The predicted molar refractivity (Wildman–Crippen MR) is 188 cm³/mol. The van der Waals surface area contributed by atoms with Crippen LogP contribution in [0.15, 0.2) is 53.8 Å². The van der Waals surface area contributed by atoms with E-state index in [2.05, 4.69) is 25.4 Å². The fourth-order valence-corrected chi connectivity index (χ4v) is 6.59. The van der Waals surface area contributed by atoms with Gasteiger partial charge in [-0.2, -0.15) is 22.7 Å². The molecule has 19 heteroatoms. The largest absolute Gasteiger partial charge is 0.504 e. The molecule has 2 aromatic carbocycles. The van der Waals surface area contributed by atoms with E-state index in [-0.39, 0.29) is 77.7 Å². The normalized spacial score (nSPS) is 13.6. The third kappa shape index (κ3) is 6.49. The van der Waals surface area contributed by atoms with Gasteiger partial charge in [0.15, 0.2) is 17.3 Å². The molecule has 0 saturated carbocycles. The highest BCUT2D eigenvalue weighted by molar-refractivity contribution is 6.33. The highest BCUT2D eigenvalue weighted by Gasteiger charge is 2.32. The van der Waals surface area contributed by atoms with Gasteiger partial charge in [-0.25, -0.2) is 15.0 Å². The summed E-state index contributed by atoms with van der Waals surface area (Å²) in [7, 11) is 1.86. The van der Waals surface area contributed by atoms with Crippen molar-refractivity contribution >= 4 is 51.6 Å². The lowest BCUT2D eigenvalue weighted by Crippen LogP contribution is -2.51. The number of aryl methyl sites for hydroxylation is 2. The van der Waals surface area contributed by atoms with Crippen LogP contribution in [0, 0.1) is 6.92 Å². The average Bonchev–Trinajstić information content (AvgIpc) is 3.75. The number of hydrogen-bond acceptors (Lipinski definition) is 10. The Morgan fingerprint density at radius 3 is 2.49 bits per heavy atom. The number of piperazine rings is 1. The Morgan fingerprint density at radius 1 is 1.04 bits per heavy atom. The molecule has 7 rings (SSSR count). The van der Waals surface area contributed by atoms with Crippen LogP contribution in [0.1, 0.15) is 34.4 Å². The number of alkyl halides is 3. The number of anilines is 2. The Kier molecular flexibility index (Phi) is 9.01. The van der Waals surface area contributed by atoms with E-state index in [0.717, 1.165) is 28.2 Å². The molecule has 0 radical (unpaired) electrons. The maximum atomic E-state index is 14.3. The maximum absolute atomic E-state index is 14.3. The van der Waals surface area contributed by atoms with Crippen LogP contribution in [-0.4, -0.2) is 86.7 Å². The van der Waals surface area contributed by atoms with Crippen molar-refractivity contribution in [2.45, 2.75) is 33.0 Å². The van der Waals surface area contributed by atoms with E-state index in [1.165, 1.54) is 11.2 Å². The molecule has 0 atom stereocenters. The van der Waals surface area contributed by atoms with Crippen molar-refractivity contribution in [3.8, 4) is 17.1 Å². The number of carbonyl (C=O) groups excluding carboxylic acids is 2. The Labute approximate surface area is 303 Å². The van der Waals surface area contributed by atoms with Gasteiger partial charge in [0.1, 0.15) is 18.6 Å². The second-order valence-corrected chi connectivity index (χ2v) is 12.8. The van der Waals surface area contributed by atoms with Crippen LogP contribution >= 0.6 is 11.6 Å². The summed E-state index contributed by atoms with van der Waals surface area (Å²) in [6.07, 6.45) is -1.49. The molecule has 5 heterocycles. The number of imidazole rings is 1. The fraction of sp³-hybridized carbons (Fsp3) is 0.294. The van der Waals surface area contributed by atoms with Crippen molar-refractivity contribution in [2.24, 2.45) is 7.05 Å². The number of amides is 2. The van der Waals surface area contributed by atoms with E-state index in [1.807, 2.05) is 24.6 Å². The number of nitrogens with one attached hydrogen (secondary N) is 1. The lowest BCUT2D eigenvalue weighted by atomic mass is 10.2. The SMILES string of the molecule is CCc1c(N2CCN(C(=O)c3ncnc(C)c3O)CC2)c(=O)n2nc(-c3ccc4c(c3)ncn4C)nc2n1CC(=O)Nc1ccc(C(F)(F)F)cc1Cl. The number of hydrogen-bond donors (Lipinski definition) is 2. The number of nitrogens with zero attached hydrogens (tertiary/aromatic N) is 10. The summed E-state index contributed by atoms with van der Waals surface area (Å²) in [5.74, 6) is -1.18. The molecule has 0 bridgehead atoms. The fourth-order valence-electron chi connectivity index (χ4n) is 6.36. The van der Waals surface area contributed by atoms with Gasteiger partial charge in [-0.05, 0) is 49.7 Å². The number of benzene rings is 2. The predicted octanol–water partition coefficient (Wildman–Crippen LogP) is 4.08. The molecule has 1 aliphatic heterocycles. The zero-order chi connectivity index (χ0) is 37.8. The first-order chi connectivity index (χ1) is 25.2. The van der Waals surface area contributed by atoms with Crippen LogP contribution in [0.3, 0.4) is 0 Å². The van der Waals surface area contributed by atoms with E-state index in [9.17, 15) is 32.7 Å². The molecular formula is C34H31ClF3N11O4. The van der Waals surface area contributed by atoms with Crippen molar-refractivity contribution in [1.29, 1.82) is 0 Å². The first kappa shape index (κ1) is 35.4. The van der Waals surface area contributed by atoms with Crippen LogP contribution in [0.25, 0.3) is 28.2 Å². The highest BCUT2D eigenvalue weighted by Crippen LogP contribution is 2.34. The zero-order valence-electron chi connectivity index (χ0n) is 28.5. The van der Waals surface area contributed by atoms with E-state index < -0.39 is 35.7 Å². The van der Waals surface area contributed by atoms with Crippen molar-refractivity contribution in [3.05, 3.63) is 87.1 Å². The summed E-state index contributed by atoms with van der Waals surface area (Å²) in [5, 5.41) is 17.2. The topological polar surface area (TPSA) is 169 Å². The van der Waals surface area contributed by atoms with Crippen molar-refractivity contribution in [2.75, 3.05) is 36.4 Å². The molecule has 2 amide bonds. The van der Waals surface area contributed by atoms with E-state index in [1.54, 1.807) is 34.9 Å². The molecule has 1 aliphatic rings. The molecule has 0 spiro atoms. The maximum Gasteiger partial charge on any atom is 0.416 e. The Bertz CT molecular complexity index is 2490. The van der Waals surface area contributed by atoms with E-state index in [0.29, 0.717) is 16.8 Å². The summed E-state index contributed by atoms with van der Waals surface area (Å²) in [4.78, 5) is 61.5. The van der Waals surface area contributed by atoms with Gasteiger partial charge in [-0.1, -0.05) is 18.5 Å². The van der Waals surface area contributed by atoms with Crippen LogP contribution in [0.2, 0.25) is 5.02 Å². The van der Waals surface area contributed by atoms with Gasteiger partial charge in [0, 0.05) is 38.8 Å². The number of rotatable bonds is 7. The first-order valence-electron chi connectivity index (χ1n) is 16.4. The molecule has 0 aliphatic carbocycles. The number of fused-ring (bicyclic) bond motifs is 2. The lowest BCUT2D eigenvalue weighted by Gasteiger charge is -2.36. The van der Waals surface area contributed by atoms with Crippen LogP contribution in [0.5, 0.6) is 5.75 Å². The monoisotopic (exact) mass is 749 g/mol. The van der Waals surface area contributed by atoms with Gasteiger partial charge in [-0.15, -0.1) is 5.10 Å². The molecule has 0 unspecified atom stereocenters. The molecule has 1 fully saturated rings. The molecular weight excluding hydrogens is 719 g/mol. The quantitative estimate of drug-likeness (QED) is 0.243. The number of carbonyl (C=O) groups is 2. The van der Waals surface area contributed by atoms with Gasteiger partial charge in [0.05, 0.1) is 45.0 Å². The van der Waals surface area contributed by atoms with E-state index >= 15 is 0 Å². The summed E-state index contributed by atoms with van der Waals surface area (Å²) in [6.45, 7) is 3.76. The summed E-state index contributed by atoms with van der Waals surface area (Å²) in [5.41, 5.74) is 1.45. The van der Waals surface area contributed by atoms with Gasteiger partial charge >= 0.3 is 6.18 Å². The molecule has 1 saturated heterocycles. The second kappa shape index (κ2) is 13.5. The van der Waals surface area contributed by atoms with Gasteiger partial charge in [0.25, 0.3) is 11.5 Å². The van der Waals surface area contributed by atoms with Crippen LogP contribution in [0.4, 0.5) is 24.5 Å². The third-order valence-electron chi connectivity index (χ3n) is 9.11. The zero-order valence-corrected chi connectivity index (χ0v) is 29.3. The van der Waals surface area contributed by atoms with Crippen LogP contribution < -0.4 is 15.8 Å². The molecule has 2 N–H and O–H groups in total. The number of halogens is 4. The minimum absolute atomic E-state index is 0.0310. The summed E-state index contributed by atoms with van der Waals surface area (Å²) < 4.78 is 44.2. The second-order valence-electron chi connectivity index (χ2n) is 12.4. The molecule has 6 aromatic rings. The number of aromatic hydroxyl groups is 1. The summed E-state index contributed by atoms with van der Waals surface area (Å²) >= 11 is 6.14. The molecule has 15 nitrogen and oxygen atoms in total. The molecule has 53 heavy (non-hydrogen) atoms. The Morgan fingerprint density at radius 2 is 1.79 bits per heavy atom. The third-order valence-corrected chi connectivity index (χ3v) is 9.42. The lowest BCUT2D eigenvalue weighted by molar-refractivity contribution is -0.137. The molecule has 274 valence electrons.